The van der Waals surface area contributed by atoms with Crippen molar-refractivity contribution in [2.24, 2.45) is 0 Å². The quantitative estimate of drug-likeness (QED) is 0.487. The van der Waals surface area contributed by atoms with Crippen LogP contribution in [-0.2, 0) is 0 Å². The summed E-state index contributed by atoms with van der Waals surface area (Å²) in [5.74, 6) is 0. The number of nitro benzene ring substituents is 1. The van der Waals surface area contributed by atoms with E-state index >= 15 is 0 Å². The van der Waals surface area contributed by atoms with Crippen LogP contribution in [0.4, 0.5) is 5.69 Å². The predicted molar refractivity (Wildman–Crippen MR) is 46.2 cm³/mol. The average molecular weight is 175 g/mol. The normalized spacial score (nSPS) is 10.2. The maximum atomic E-state index is 10.4. The van der Waals surface area contributed by atoms with Crippen molar-refractivity contribution in [1.82, 2.24) is 9.97 Å². The van der Waals surface area contributed by atoms with E-state index in [1.54, 1.807) is 12.3 Å². The Morgan fingerprint density at radius 3 is 3.00 bits per heavy atom. The molecule has 0 amide bonds. The molecule has 2 aromatic rings. The minimum absolute atomic E-state index is 0.0474. The van der Waals surface area contributed by atoms with E-state index in [4.69, 9.17) is 0 Å². The molecule has 0 atom stereocenters. The zero-order valence-electron chi connectivity index (χ0n) is 6.54. The number of nitro groups is 1. The molecule has 0 N–H and O–H groups in total. The summed E-state index contributed by atoms with van der Waals surface area (Å²) in [6.45, 7) is 0. The maximum absolute atomic E-state index is 10.4. The van der Waals surface area contributed by atoms with E-state index in [9.17, 15) is 10.1 Å². The van der Waals surface area contributed by atoms with E-state index in [-0.39, 0.29) is 5.69 Å². The lowest BCUT2D eigenvalue weighted by molar-refractivity contribution is -0.384. The second-order valence-electron chi connectivity index (χ2n) is 2.52. The Kier molecular flexibility index (Phi) is 1.63. The fraction of sp³-hybridized carbons (Fsp3) is 0. The Morgan fingerprint density at radius 1 is 1.38 bits per heavy atom. The van der Waals surface area contributed by atoms with Gasteiger partial charge in [0.1, 0.15) is 6.33 Å². The molecule has 0 aliphatic heterocycles. The first-order valence-electron chi connectivity index (χ1n) is 3.61. The molecule has 5 heteroatoms. The van der Waals surface area contributed by atoms with Crippen molar-refractivity contribution in [3.05, 3.63) is 40.8 Å². The van der Waals surface area contributed by atoms with Crippen LogP contribution < -0.4 is 0 Å². The third kappa shape index (κ3) is 1.31. The fourth-order valence-electron chi connectivity index (χ4n) is 1.08. The van der Waals surface area contributed by atoms with Crippen molar-refractivity contribution in [2.45, 2.75) is 0 Å². The van der Waals surface area contributed by atoms with E-state index in [0.29, 0.717) is 5.52 Å². The van der Waals surface area contributed by atoms with Gasteiger partial charge in [0.05, 0.1) is 10.4 Å². The Morgan fingerprint density at radius 2 is 2.23 bits per heavy atom. The topological polar surface area (TPSA) is 68.9 Å². The molecular weight excluding hydrogens is 170 g/mol. The molecule has 0 aliphatic carbocycles. The number of non-ortho nitro benzene ring substituents is 1. The molecule has 0 saturated carbocycles. The van der Waals surface area contributed by atoms with Gasteiger partial charge in [0, 0.05) is 23.7 Å². The molecule has 1 aromatic carbocycles. The van der Waals surface area contributed by atoms with E-state index in [1.807, 2.05) is 0 Å². The SMILES string of the molecule is O=[N+]([O-])c1ccc2cncnc2c1. The number of benzene rings is 1. The predicted octanol–water partition coefficient (Wildman–Crippen LogP) is 1.54. The highest BCUT2D eigenvalue weighted by molar-refractivity contribution is 5.79. The van der Waals surface area contributed by atoms with E-state index in [0.717, 1.165) is 5.39 Å². The third-order valence-corrected chi connectivity index (χ3v) is 1.70. The molecule has 1 heterocycles. The molecule has 1 aromatic heterocycles. The summed E-state index contributed by atoms with van der Waals surface area (Å²) in [5, 5.41) is 11.2. The zero-order valence-corrected chi connectivity index (χ0v) is 6.54. The Balaban J connectivity index is 2.69. The maximum Gasteiger partial charge on any atom is 0.271 e. The van der Waals surface area contributed by atoms with Gasteiger partial charge in [0.15, 0.2) is 0 Å². The van der Waals surface area contributed by atoms with Crippen molar-refractivity contribution in [1.29, 1.82) is 0 Å². The molecule has 0 unspecified atom stereocenters. The summed E-state index contributed by atoms with van der Waals surface area (Å²) in [7, 11) is 0. The number of nitrogens with zero attached hydrogens (tertiary/aromatic N) is 3. The number of rotatable bonds is 1. The van der Waals surface area contributed by atoms with Crippen molar-refractivity contribution in [2.75, 3.05) is 0 Å². The molecule has 0 aliphatic rings. The highest BCUT2D eigenvalue weighted by Gasteiger charge is 2.05. The van der Waals surface area contributed by atoms with Gasteiger partial charge in [-0.15, -0.1) is 0 Å². The lowest BCUT2D eigenvalue weighted by Crippen LogP contribution is -1.88. The van der Waals surface area contributed by atoms with Crippen LogP contribution in [0.1, 0.15) is 0 Å². The number of hydrogen-bond donors (Lipinski definition) is 0. The largest absolute Gasteiger partial charge is 0.271 e. The van der Waals surface area contributed by atoms with Gasteiger partial charge in [-0.25, -0.2) is 9.97 Å². The molecule has 2 rings (SSSR count). The van der Waals surface area contributed by atoms with Gasteiger partial charge in [0.2, 0.25) is 0 Å². The van der Waals surface area contributed by atoms with E-state index in [2.05, 4.69) is 9.97 Å². The standard InChI is InChI=1S/C8H5N3O2/c12-11(13)7-2-1-6-4-9-5-10-8(6)3-7/h1-5H. The molecular formula is C8H5N3O2. The average Bonchev–Trinajstić information content (AvgIpc) is 2.17. The van der Waals surface area contributed by atoms with Crippen molar-refractivity contribution in [3.63, 3.8) is 0 Å². The van der Waals surface area contributed by atoms with E-state index < -0.39 is 4.92 Å². The lowest BCUT2D eigenvalue weighted by Gasteiger charge is -1.94. The molecule has 0 fully saturated rings. The third-order valence-electron chi connectivity index (χ3n) is 1.70. The van der Waals surface area contributed by atoms with Gasteiger partial charge in [-0.2, -0.15) is 0 Å². The van der Waals surface area contributed by atoms with Gasteiger partial charge in [-0.3, -0.25) is 10.1 Å². The molecule has 0 saturated heterocycles. The number of hydrogen-bond acceptors (Lipinski definition) is 4. The van der Waals surface area contributed by atoms with Crippen molar-refractivity contribution in [3.8, 4) is 0 Å². The Labute approximate surface area is 73.2 Å². The van der Waals surface area contributed by atoms with Crippen molar-refractivity contribution < 1.29 is 4.92 Å². The molecule has 0 spiro atoms. The van der Waals surface area contributed by atoms with Crippen LogP contribution in [0, 0.1) is 10.1 Å². The summed E-state index contributed by atoms with van der Waals surface area (Å²) in [6, 6.07) is 4.50. The Bertz CT molecular complexity index is 470. The summed E-state index contributed by atoms with van der Waals surface area (Å²) in [4.78, 5) is 17.7. The molecule has 0 radical (unpaired) electrons. The van der Waals surface area contributed by atoms with Gasteiger partial charge < -0.3 is 0 Å². The van der Waals surface area contributed by atoms with Crippen LogP contribution >= 0.6 is 0 Å². The van der Waals surface area contributed by atoms with Crippen LogP contribution in [-0.4, -0.2) is 14.9 Å². The first-order valence-corrected chi connectivity index (χ1v) is 3.61. The molecule has 0 bridgehead atoms. The second kappa shape index (κ2) is 2.78. The van der Waals surface area contributed by atoms with Gasteiger partial charge in [-0.05, 0) is 6.07 Å². The van der Waals surface area contributed by atoms with Gasteiger partial charge >= 0.3 is 0 Å². The number of aromatic nitrogens is 2. The fourth-order valence-corrected chi connectivity index (χ4v) is 1.08. The monoisotopic (exact) mass is 175 g/mol. The highest BCUT2D eigenvalue weighted by Crippen LogP contribution is 2.17. The van der Waals surface area contributed by atoms with Crippen LogP contribution in [0.25, 0.3) is 10.9 Å². The van der Waals surface area contributed by atoms with Crippen LogP contribution in [0.15, 0.2) is 30.7 Å². The summed E-state index contributed by atoms with van der Waals surface area (Å²) >= 11 is 0. The first kappa shape index (κ1) is 7.60. The van der Waals surface area contributed by atoms with E-state index in [1.165, 1.54) is 18.5 Å². The summed E-state index contributed by atoms with van der Waals surface area (Å²) in [6.07, 6.45) is 2.98. The minimum atomic E-state index is -0.443. The lowest BCUT2D eigenvalue weighted by atomic mass is 10.2. The smallest absolute Gasteiger partial charge is 0.258 e. The molecule has 13 heavy (non-hydrogen) atoms. The molecule has 64 valence electrons. The summed E-state index contributed by atoms with van der Waals surface area (Å²) < 4.78 is 0. The summed E-state index contributed by atoms with van der Waals surface area (Å²) in [5.41, 5.74) is 0.635. The van der Waals surface area contributed by atoms with Crippen molar-refractivity contribution >= 4 is 16.6 Å². The van der Waals surface area contributed by atoms with Gasteiger partial charge in [0.25, 0.3) is 5.69 Å². The highest BCUT2D eigenvalue weighted by atomic mass is 16.6. The minimum Gasteiger partial charge on any atom is -0.258 e. The second-order valence-corrected chi connectivity index (χ2v) is 2.52. The van der Waals surface area contributed by atoms with Crippen LogP contribution in [0.5, 0.6) is 0 Å². The van der Waals surface area contributed by atoms with Crippen LogP contribution in [0.2, 0.25) is 0 Å². The zero-order chi connectivity index (χ0) is 9.26. The first-order chi connectivity index (χ1) is 6.27. The number of fused-ring (bicyclic) bond motifs is 1. The van der Waals surface area contributed by atoms with Gasteiger partial charge in [-0.1, -0.05) is 0 Å². The van der Waals surface area contributed by atoms with Crippen LogP contribution in [0.3, 0.4) is 0 Å². The Hall–Kier alpha value is -2.04. The molecule has 5 nitrogen and oxygen atoms in total.